The van der Waals surface area contributed by atoms with Gasteiger partial charge in [0, 0.05) is 11.6 Å². The van der Waals surface area contributed by atoms with Crippen LogP contribution in [0.2, 0.25) is 0 Å². The van der Waals surface area contributed by atoms with Crippen molar-refractivity contribution in [3.8, 4) is 0 Å². The fourth-order valence-corrected chi connectivity index (χ4v) is 2.80. The molecule has 1 unspecified atom stereocenters. The molecule has 0 spiro atoms. The smallest absolute Gasteiger partial charge is 0.0757 e. The first-order valence-electron chi connectivity index (χ1n) is 7.43. The van der Waals surface area contributed by atoms with E-state index >= 15 is 0 Å². The molecular formula is C19H20N2. The largest absolute Gasteiger partial charge is 0.305 e. The Morgan fingerprint density at radius 3 is 2.71 bits per heavy atom. The van der Waals surface area contributed by atoms with Crippen LogP contribution in [-0.2, 0) is 0 Å². The number of nitrogens with zero attached hydrogens (tertiary/aromatic N) is 1. The van der Waals surface area contributed by atoms with E-state index in [0.717, 1.165) is 12.2 Å². The Kier molecular flexibility index (Phi) is 3.98. The lowest BCUT2D eigenvalue weighted by molar-refractivity contribution is 0.620. The third-order valence-corrected chi connectivity index (χ3v) is 3.76. The number of aryl methyl sites for hydroxylation is 1. The molecule has 0 aliphatic carbocycles. The number of pyridine rings is 1. The lowest BCUT2D eigenvalue weighted by Gasteiger charge is -2.20. The van der Waals surface area contributed by atoms with E-state index in [-0.39, 0.29) is 6.04 Å². The zero-order chi connectivity index (χ0) is 14.7. The normalized spacial score (nSPS) is 12.5. The topological polar surface area (TPSA) is 24.9 Å². The van der Waals surface area contributed by atoms with Crippen LogP contribution in [0.25, 0.3) is 10.8 Å². The van der Waals surface area contributed by atoms with Crippen molar-refractivity contribution in [2.45, 2.75) is 19.9 Å². The number of hydrogen-bond acceptors (Lipinski definition) is 2. The summed E-state index contributed by atoms with van der Waals surface area (Å²) in [7, 11) is 0. The van der Waals surface area contributed by atoms with Crippen molar-refractivity contribution in [2.24, 2.45) is 0 Å². The van der Waals surface area contributed by atoms with E-state index in [1.165, 1.54) is 21.9 Å². The highest BCUT2D eigenvalue weighted by Crippen LogP contribution is 2.27. The standard InChI is InChI=1S/C19H20N2/c1-3-20-18(16-9-6-7-14(2)13-16)19-17-10-5-4-8-15(17)11-12-21-19/h4-13,18,20H,3H2,1-2H3. The van der Waals surface area contributed by atoms with Crippen LogP contribution in [0.1, 0.15) is 29.8 Å². The number of fused-ring (bicyclic) bond motifs is 1. The maximum atomic E-state index is 4.67. The lowest BCUT2D eigenvalue weighted by atomic mass is 9.97. The highest BCUT2D eigenvalue weighted by molar-refractivity contribution is 5.85. The Hall–Kier alpha value is -2.19. The molecule has 0 saturated carbocycles. The molecule has 0 aliphatic heterocycles. The molecule has 2 nitrogen and oxygen atoms in total. The number of benzene rings is 2. The minimum Gasteiger partial charge on any atom is -0.305 e. The zero-order valence-corrected chi connectivity index (χ0v) is 12.5. The molecule has 1 aromatic heterocycles. The van der Waals surface area contributed by atoms with Crippen LogP contribution >= 0.6 is 0 Å². The Labute approximate surface area is 125 Å². The van der Waals surface area contributed by atoms with Crippen LogP contribution in [0.5, 0.6) is 0 Å². The van der Waals surface area contributed by atoms with Gasteiger partial charge in [0.15, 0.2) is 0 Å². The van der Waals surface area contributed by atoms with Gasteiger partial charge in [-0.05, 0) is 30.5 Å². The molecule has 3 aromatic rings. The van der Waals surface area contributed by atoms with Crippen molar-refractivity contribution in [1.29, 1.82) is 0 Å². The summed E-state index contributed by atoms with van der Waals surface area (Å²) in [6.45, 7) is 5.17. The molecule has 0 aliphatic rings. The van der Waals surface area contributed by atoms with Gasteiger partial charge < -0.3 is 5.32 Å². The molecule has 2 aromatic carbocycles. The van der Waals surface area contributed by atoms with Crippen LogP contribution in [0, 0.1) is 6.92 Å². The minimum absolute atomic E-state index is 0.126. The van der Waals surface area contributed by atoms with E-state index in [1.54, 1.807) is 0 Å². The van der Waals surface area contributed by atoms with Gasteiger partial charge in [-0.25, -0.2) is 0 Å². The highest BCUT2D eigenvalue weighted by atomic mass is 14.9. The van der Waals surface area contributed by atoms with Crippen LogP contribution in [0.3, 0.4) is 0 Å². The Morgan fingerprint density at radius 2 is 1.90 bits per heavy atom. The van der Waals surface area contributed by atoms with Crippen molar-refractivity contribution in [3.05, 3.63) is 77.6 Å². The second kappa shape index (κ2) is 6.06. The average molecular weight is 276 g/mol. The molecule has 0 fully saturated rings. The van der Waals surface area contributed by atoms with Crippen molar-refractivity contribution in [1.82, 2.24) is 10.3 Å². The zero-order valence-electron chi connectivity index (χ0n) is 12.5. The molecule has 3 rings (SSSR count). The molecule has 0 saturated heterocycles. The second-order valence-electron chi connectivity index (χ2n) is 5.32. The van der Waals surface area contributed by atoms with E-state index in [4.69, 9.17) is 0 Å². The first-order valence-corrected chi connectivity index (χ1v) is 7.43. The molecule has 1 atom stereocenters. The van der Waals surface area contributed by atoms with Gasteiger partial charge in [-0.3, -0.25) is 4.98 Å². The minimum atomic E-state index is 0.126. The second-order valence-corrected chi connectivity index (χ2v) is 5.32. The SMILES string of the molecule is CCNC(c1cccc(C)c1)c1nccc2ccccc12. The van der Waals surface area contributed by atoms with Gasteiger partial charge in [-0.2, -0.15) is 0 Å². The molecule has 0 bridgehead atoms. The van der Waals surface area contributed by atoms with Crippen molar-refractivity contribution in [3.63, 3.8) is 0 Å². The summed E-state index contributed by atoms with van der Waals surface area (Å²) in [5.74, 6) is 0. The van der Waals surface area contributed by atoms with E-state index in [1.807, 2.05) is 6.20 Å². The van der Waals surface area contributed by atoms with Crippen LogP contribution in [0.15, 0.2) is 60.8 Å². The number of aromatic nitrogens is 1. The van der Waals surface area contributed by atoms with Crippen LogP contribution in [0.4, 0.5) is 0 Å². The van der Waals surface area contributed by atoms with Crippen LogP contribution in [-0.4, -0.2) is 11.5 Å². The van der Waals surface area contributed by atoms with E-state index in [0.29, 0.717) is 0 Å². The maximum absolute atomic E-state index is 4.67. The molecule has 1 N–H and O–H groups in total. The fraction of sp³-hybridized carbons (Fsp3) is 0.211. The van der Waals surface area contributed by atoms with Gasteiger partial charge in [0.1, 0.15) is 0 Å². The van der Waals surface area contributed by atoms with E-state index < -0.39 is 0 Å². The fourth-order valence-electron chi connectivity index (χ4n) is 2.80. The quantitative estimate of drug-likeness (QED) is 0.771. The molecule has 0 radical (unpaired) electrons. The molecule has 1 heterocycles. The summed E-state index contributed by atoms with van der Waals surface area (Å²) in [6.07, 6.45) is 1.90. The average Bonchev–Trinajstić information content (AvgIpc) is 2.52. The number of hydrogen-bond donors (Lipinski definition) is 1. The first-order chi connectivity index (χ1) is 10.3. The Bertz CT molecular complexity index is 744. The summed E-state index contributed by atoms with van der Waals surface area (Å²) in [5, 5.41) is 6.02. The Morgan fingerprint density at radius 1 is 1.05 bits per heavy atom. The van der Waals surface area contributed by atoms with Crippen LogP contribution < -0.4 is 5.32 Å². The number of rotatable bonds is 4. The molecule has 0 amide bonds. The Balaban J connectivity index is 2.16. The van der Waals surface area contributed by atoms with Crippen molar-refractivity contribution >= 4 is 10.8 Å². The maximum Gasteiger partial charge on any atom is 0.0757 e. The summed E-state index contributed by atoms with van der Waals surface area (Å²) >= 11 is 0. The van der Waals surface area contributed by atoms with E-state index in [2.05, 4.69) is 78.7 Å². The predicted molar refractivity (Wildman–Crippen MR) is 88.4 cm³/mol. The molecule has 106 valence electrons. The molecule has 21 heavy (non-hydrogen) atoms. The first kappa shape index (κ1) is 13.8. The highest BCUT2D eigenvalue weighted by Gasteiger charge is 2.17. The van der Waals surface area contributed by atoms with Crippen molar-refractivity contribution < 1.29 is 0 Å². The van der Waals surface area contributed by atoms with Gasteiger partial charge in [0.05, 0.1) is 11.7 Å². The monoisotopic (exact) mass is 276 g/mol. The summed E-state index contributed by atoms with van der Waals surface area (Å²) < 4.78 is 0. The molecular weight excluding hydrogens is 256 g/mol. The lowest BCUT2D eigenvalue weighted by Crippen LogP contribution is -2.23. The van der Waals surface area contributed by atoms with Crippen molar-refractivity contribution in [2.75, 3.05) is 6.54 Å². The van der Waals surface area contributed by atoms with Gasteiger partial charge >= 0.3 is 0 Å². The van der Waals surface area contributed by atoms with Gasteiger partial charge in [0.2, 0.25) is 0 Å². The summed E-state index contributed by atoms with van der Waals surface area (Å²) in [6, 6.07) is 19.3. The van der Waals surface area contributed by atoms with Gasteiger partial charge in [-0.1, -0.05) is 61.0 Å². The predicted octanol–water partition coefficient (Wildman–Crippen LogP) is 4.24. The third-order valence-electron chi connectivity index (χ3n) is 3.76. The van der Waals surface area contributed by atoms with E-state index in [9.17, 15) is 0 Å². The summed E-state index contributed by atoms with van der Waals surface area (Å²) in [5.41, 5.74) is 3.64. The third kappa shape index (κ3) is 2.81. The van der Waals surface area contributed by atoms with Gasteiger partial charge in [-0.15, -0.1) is 0 Å². The van der Waals surface area contributed by atoms with Gasteiger partial charge in [0.25, 0.3) is 0 Å². The number of nitrogens with one attached hydrogen (secondary N) is 1. The molecule has 2 heteroatoms. The summed E-state index contributed by atoms with van der Waals surface area (Å²) in [4.78, 5) is 4.67.